The Labute approximate surface area is 240 Å². The highest BCUT2D eigenvalue weighted by Gasteiger charge is 2.50. The molecule has 7 heteroatoms. The van der Waals surface area contributed by atoms with Crippen molar-refractivity contribution in [1.82, 2.24) is 0 Å². The summed E-state index contributed by atoms with van der Waals surface area (Å²) in [5.74, 6) is -3.02. The van der Waals surface area contributed by atoms with Gasteiger partial charge in [-0.2, -0.15) is 0 Å². The van der Waals surface area contributed by atoms with Gasteiger partial charge in [0, 0.05) is 22.6 Å². The molecule has 0 fully saturated rings. The summed E-state index contributed by atoms with van der Waals surface area (Å²) in [7, 11) is 0. The maximum absolute atomic E-state index is 13.9. The molecule has 41 heavy (non-hydrogen) atoms. The van der Waals surface area contributed by atoms with Crippen molar-refractivity contribution in [3.05, 3.63) is 100 Å². The lowest BCUT2D eigenvalue weighted by Gasteiger charge is -2.36. The number of rotatable bonds is 10. The van der Waals surface area contributed by atoms with Crippen LogP contribution in [-0.2, 0) is 6.42 Å². The van der Waals surface area contributed by atoms with Crippen molar-refractivity contribution in [3.8, 4) is 11.5 Å². The zero-order valence-electron chi connectivity index (χ0n) is 23.4. The number of aryl methyl sites for hydroxylation is 1. The lowest BCUT2D eigenvalue weighted by atomic mass is 9.67. The minimum absolute atomic E-state index is 0.0525. The zero-order chi connectivity index (χ0) is 29.1. The number of unbranched alkanes of at least 4 members (excludes halogenated alkanes) is 2. The maximum Gasteiger partial charge on any atom is 0.177 e. The van der Waals surface area contributed by atoms with Crippen LogP contribution in [0.15, 0.2) is 78.2 Å². The highest BCUT2D eigenvalue weighted by atomic mass is 16.5. The first-order chi connectivity index (χ1) is 19.8. The smallest absolute Gasteiger partial charge is 0.177 e. The SMILES string of the molecule is CCCCOc1ccc(C2=C(O)C3C(=O)c4c(N)ccc(O)c4C(=O)C3C(Nc3ccc(CCCC)cc3)=C2)cc1. The van der Waals surface area contributed by atoms with Crippen molar-refractivity contribution < 1.29 is 24.5 Å². The quantitative estimate of drug-likeness (QED) is 0.120. The standard InChI is InChI=1S/C34H36N2O5/c1-3-5-7-20-8-12-22(13-9-20)36-26-19-24(21-10-14-23(15-11-21)41-18-6-4-2)32(38)31-29(26)34(40)30-27(37)17-16-25(35)28(30)33(31)39/h8-17,19,29,31,36-38H,3-7,18,35H2,1-2H3. The van der Waals surface area contributed by atoms with Crippen LogP contribution in [0.3, 0.4) is 0 Å². The van der Waals surface area contributed by atoms with Gasteiger partial charge in [0.2, 0.25) is 0 Å². The van der Waals surface area contributed by atoms with Crippen LogP contribution in [0.5, 0.6) is 11.5 Å². The average molecular weight is 553 g/mol. The molecule has 0 radical (unpaired) electrons. The summed E-state index contributed by atoms with van der Waals surface area (Å²) in [5, 5.41) is 25.5. The summed E-state index contributed by atoms with van der Waals surface area (Å²) in [4.78, 5) is 27.8. The average Bonchev–Trinajstić information content (AvgIpc) is 2.98. The molecule has 2 unspecified atom stereocenters. The second kappa shape index (κ2) is 11.9. The molecule has 0 aromatic heterocycles. The second-order valence-corrected chi connectivity index (χ2v) is 10.7. The van der Waals surface area contributed by atoms with Gasteiger partial charge in [-0.25, -0.2) is 0 Å². The number of carbonyl (C=O) groups excluding carboxylic acids is 2. The van der Waals surface area contributed by atoms with E-state index >= 15 is 0 Å². The third-order valence-corrected chi connectivity index (χ3v) is 7.81. The fraction of sp³-hybridized carbons (Fsp3) is 0.294. The molecular weight excluding hydrogens is 516 g/mol. The molecule has 0 saturated carbocycles. The summed E-state index contributed by atoms with van der Waals surface area (Å²) >= 11 is 0. The lowest BCUT2D eigenvalue weighted by molar-refractivity contribution is 0.0750. The highest BCUT2D eigenvalue weighted by Crippen LogP contribution is 2.47. The highest BCUT2D eigenvalue weighted by molar-refractivity contribution is 6.22. The molecule has 2 aliphatic rings. The van der Waals surface area contributed by atoms with Gasteiger partial charge in [0.05, 0.1) is 29.6 Å². The molecule has 2 aliphatic carbocycles. The van der Waals surface area contributed by atoms with E-state index in [1.807, 2.05) is 48.5 Å². The fourth-order valence-electron chi connectivity index (χ4n) is 5.54. The Morgan fingerprint density at radius 2 is 1.51 bits per heavy atom. The van der Waals surface area contributed by atoms with Gasteiger partial charge < -0.3 is 26.0 Å². The molecule has 3 aromatic carbocycles. The minimum Gasteiger partial charge on any atom is -0.511 e. The number of anilines is 2. The first-order valence-corrected chi connectivity index (χ1v) is 14.3. The van der Waals surface area contributed by atoms with Gasteiger partial charge in [-0.1, -0.05) is 51.0 Å². The number of ketones is 2. The van der Waals surface area contributed by atoms with Crippen LogP contribution < -0.4 is 15.8 Å². The Bertz CT molecular complexity index is 1520. The molecule has 0 amide bonds. The number of nitrogens with two attached hydrogens (primary N) is 1. The van der Waals surface area contributed by atoms with Crippen molar-refractivity contribution >= 4 is 28.5 Å². The normalized spacial score (nSPS) is 18.0. The van der Waals surface area contributed by atoms with Gasteiger partial charge in [0.15, 0.2) is 11.6 Å². The fourth-order valence-corrected chi connectivity index (χ4v) is 5.54. The third-order valence-electron chi connectivity index (χ3n) is 7.81. The van der Waals surface area contributed by atoms with Crippen LogP contribution >= 0.6 is 0 Å². The van der Waals surface area contributed by atoms with Crippen LogP contribution in [-0.4, -0.2) is 28.4 Å². The number of aliphatic hydroxyl groups is 1. The minimum atomic E-state index is -1.19. The van der Waals surface area contributed by atoms with E-state index in [-0.39, 0.29) is 28.3 Å². The number of aromatic hydroxyl groups is 1. The summed E-state index contributed by atoms with van der Waals surface area (Å²) in [6, 6.07) is 18.0. The van der Waals surface area contributed by atoms with Crippen molar-refractivity contribution in [3.63, 3.8) is 0 Å². The molecule has 0 heterocycles. The first kappa shape index (κ1) is 28.0. The summed E-state index contributed by atoms with van der Waals surface area (Å²) in [6.07, 6.45) is 6.88. The van der Waals surface area contributed by atoms with Gasteiger partial charge in [0.25, 0.3) is 0 Å². The molecule has 3 aromatic rings. The van der Waals surface area contributed by atoms with Gasteiger partial charge in [-0.3, -0.25) is 9.59 Å². The van der Waals surface area contributed by atoms with Gasteiger partial charge in [0.1, 0.15) is 17.3 Å². The zero-order valence-corrected chi connectivity index (χ0v) is 23.4. The predicted octanol–water partition coefficient (Wildman–Crippen LogP) is 7.09. The molecule has 0 aliphatic heterocycles. The molecule has 0 bridgehead atoms. The number of allylic oxidation sites excluding steroid dienone is 4. The summed E-state index contributed by atoms with van der Waals surface area (Å²) in [6.45, 7) is 4.87. The maximum atomic E-state index is 13.9. The van der Waals surface area contributed by atoms with Crippen LogP contribution in [0.2, 0.25) is 0 Å². The van der Waals surface area contributed by atoms with E-state index in [9.17, 15) is 19.8 Å². The molecule has 0 saturated heterocycles. The molecule has 212 valence electrons. The number of nitrogens with one attached hydrogen (secondary N) is 1. The van der Waals surface area contributed by atoms with Crippen LogP contribution in [0.25, 0.3) is 5.57 Å². The number of Topliss-reactive ketones (excluding diaryl/α,β-unsaturated/α-hetero) is 2. The van der Waals surface area contributed by atoms with Crippen molar-refractivity contribution in [2.24, 2.45) is 11.8 Å². The van der Waals surface area contributed by atoms with E-state index in [1.165, 1.54) is 17.7 Å². The number of ether oxygens (including phenoxy) is 1. The predicted molar refractivity (Wildman–Crippen MR) is 161 cm³/mol. The number of hydrogen-bond donors (Lipinski definition) is 4. The molecule has 5 rings (SSSR count). The number of phenolic OH excluding ortho intramolecular Hbond substituents is 1. The van der Waals surface area contributed by atoms with E-state index in [0.29, 0.717) is 29.2 Å². The van der Waals surface area contributed by atoms with E-state index in [4.69, 9.17) is 10.5 Å². The van der Waals surface area contributed by atoms with Gasteiger partial charge >= 0.3 is 0 Å². The Morgan fingerprint density at radius 3 is 2.20 bits per heavy atom. The van der Waals surface area contributed by atoms with Crippen LogP contribution in [0, 0.1) is 11.8 Å². The Kier molecular flexibility index (Phi) is 8.15. The number of aliphatic hydroxyl groups excluding tert-OH is 1. The van der Waals surface area contributed by atoms with Crippen molar-refractivity contribution in [2.75, 3.05) is 17.7 Å². The molecular formula is C34H36N2O5. The monoisotopic (exact) mass is 552 g/mol. The summed E-state index contributed by atoms with van der Waals surface area (Å²) in [5.41, 5.74) is 9.57. The number of benzene rings is 3. The van der Waals surface area contributed by atoms with Gasteiger partial charge in [-0.15, -0.1) is 0 Å². The second-order valence-electron chi connectivity index (χ2n) is 10.7. The number of carbonyl (C=O) groups is 2. The van der Waals surface area contributed by atoms with Crippen molar-refractivity contribution in [2.45, 2.75) is 46.0 Å². The number of fused-ring (bicyclic) bond motifs is 2. The van der Waals surface area contributed by atoms with Crippen LogP contribution in [0.1, 0.15) is 71.4 Å². The topological polar surface area (TPSA) is 122 Å². The van der Waals surface area contributed by atoms with Crippen molar-refractivity contribution in [1.29, 1.82) is 0 Å². The van der Waals surface area contributed by atoms with Crippen LogP contribution in [0.4, 0.5) is 11.4 Å². The Morgan fingerprint density at radius 1 is 0.829 bits per heavy atom. The first-order valence-electron chi connectivity index (χ1n) is 14.3. The molecule has 5 N–H and O–H groups in total. The largest absolute Gasteiger partial charge is 0.511 e. The lowest BCUT2D eigenvalue weighted by Crippen LogP contribution is -2.42. The third kappa shape index (κ3) is 5.44. The Hall–Kier alpha value is -4.52. The number of nitrogen functional groups attached to an aromatic ring is 1. The molecule has 0 spiro atoms. The molecule has 2 atom stereocenters. The number of phenols is 1. The Balaban J connectivity index is 1.57. The van der Waals surface area contributed by atoms with Gasteiger partial charge in [-0.05, 0) is 72.9 Å². The van der Waals surface area contributed by atoms with E-state index in [2.05, 4.69) is 19.2 Å². The summed E-state index contributed by atoms with van der Waals surface area (Å²) < 4.78 is 5.79. The molecule has 7 nitrogen and oxygen atoms in total. The van der Waals surface area contributed by atoms with E-state index < -0.39 is 23.4 Å². The number of hydrogen-bond acceptors (Lipinski definition) is 7. The van der Waals surface area contributed by atoms with E-state index in [0.717, 1.165) is 37.8 Å². The van der Waals surface area contributed by atoms with E-state index in [1.54, 1.807) is 6.08 Å².